The number of carbonyl (C=O) groups excluding carboxylic acids is 1. The van der Waals surface area contributed by atoms with E-state index >= 15 is 0 Å². The van der Waals surface area contributed by atoms with Gasteiger partial charge in [-0.25, -0.2) is 0 Å². The van der Waals surface area contributed by atoms with Crippen LogP contribution < -0.4 is 5.73 Å². The zero-order chi connectivity index (χ0) is 8.91. The SMILES string of the molecule is NCCC(=O)CCC(F)(F)F. The molecule has 0 radical (unpaired) electrons. The molecule has 2 nitrogen and oxygen atoms in total. The standard InChI is InChI=1S/C6H10F3NO/c7-6(8,9)3-1-5(11)2-4-10/h1-4,10H2. The third-order valence-electron chi connectivity index (χ3n) is 1.11. The number of ketones is 1. The molecule has 0 spiro atoms. The Labute approximate surface area is 62.6 Å². The van der Waals surface area contributed by atoms with E-state index in [9.17, 15) is 18.0 Å². The molecule has 0 aromatic carbocycles. The zero-order valence-electron chi connectivity index (χ0n) is 5.95. The summed E-state index contributed by atoms with van der Waals surface area (Å²) in [6.45, 7) is 0.122. The van der Waals surface area contributed by atoms with Gasteiger partial charge in [-0.2, -0.15) is 13.2 Å². The molecule has 2 N–H and O–H groups in total. The van der Waals surface area contributed by atoms with Crippen molar-refractivity contribution in [3.63, 3.8) is 0 Å². The Balaban J connectivity index is 3.46. The molecule has 0 saturated carbocycles. The lowest BCUT2D eigenvalue weighted by atomic mass is 10.1. The second kappa shape index (κ2) is 4.33. The Morgan fingerprint density at radius 1 is 1.27 bits per heavy atom. The quantitative estimate of drug-likeness (QED) is 0.688. The molecule has 66 valence electrons. The number of nitrogens with two attached hydrogens (primary N) is 1. The van der Waals surface area contributed by atoms with Crippen LogP contribution in [0.1, 0.15) is 19.3 Å². The molecule has 5 heteroatoms. The first-order valence-electron chi connectivity index (χ1n) is 3.24. The fraction of sp³-hybridized carbons (Fsp3) is 0.833. The molecule has 0 amide bonds. The smallest absolute Gasteiger partial charge is 0.330 e. The van der Waals surface area contributed by atoms with Crippen molar-refractivity contribution >= 4 is 5.78 Å². The van der Waals surface area contributed by atoms with Gasteiger partial charge < -0.3 is 5.73 Å². The summed E-state index contributed by atoms with van der Waals surface area (Å²) >= 11 is 0. The Morgan fingerprint density at radius 3 is 2.18 bits per heavy atom. The number of carbonyl (C=O) groups is 1. The fourth-order valence-corrected chi connectivity index (χ4v) is 0.567. The minimum Gasteiger partial charge on any atom is -0.330 e. The van der Waals surface area contributed by atoms with Crippen LogP contribution in [-0.4, -0.2) is 18.5 Å². The lowest BCUT2D eigenvalue weighted by molar-refractivity contribution is -0.143. The van der Waals surface area contributed by atoms with Gasteiger partial charge in [0.25, 0.3) is 0 Å². The second-order valence-corrected chi connectivity index (χ2v) is 2.19. The molecular formula is C6H10F3NO. The van der Waals surface area contributed by atoms with E-state index in [4.69, 9.17) is 5.73 Å². The van der Waals surface area contributed by atoms with Crippen LogP contribution >= 0.6 is 0 Å². The maximum Gasteiger partial charge on any atom is 0.389 e. The third kappa shape index (κ3) is 7.32. The van der Waals surface area contributed by atoms with Crippen molar-refractivity contribution in [2.45, 2.75) is 25.4 Å². The summed E-state index contributed by atoms with van der Waals surface area (Å²) < 4.78 is 34.4. The minimum atomic E-state index is -4.23. The van der Waals surface area contributed by atoms with Gasteiger partial charge in [0.1, 0.15) is 5.78 Å². The summed E-state index contributed by atoms with van der Waals surface area (Å²) in [5, 5.41) is 0. The Hall–Kier alpha value is -0.580. The van der Waals surface area contributed by atoms with E-state index in [0.717, 1.165) is 0 Å². The highest BCUT2D eigenvalue weighted by Gasteiger charge is 2.27. The first kappa shape index (κ1) is 10.4. The highest BCUT2D eigenvalue weighted by molar-refractivity contribution is 5.78. The molecule has 0 aromatic rings. The lowest BCUT2D eigenvalue weighted by Gasteiger charge is -2.03. The summed E-state index contributed by atoms with van der Waals surface area (Å²) in [6, 6.07) is 0. The molecule has 11 heavy (non-hydrogen) atoms. The van der Waals surface area contributed by atoms with Crippen molar-refractivity contribution in [3.05, 3.63) is 0 Å². The van der Waals surface area contributed by atoms with Gasteiger partial charge in [-0.1, -0.05) is 0 Å². The van der Waals surface area contributed by atoms with Gasteiger partial charge in [0.15, 0.2) is 0 Å². The van der Waals surface area contributed by atoms with Crippen LogP contribution in [0.3, 0.4) is 0 Å². The van der Waals surface area contributed by atoms with Crippen molar-refractivity contribution in [2.24, 2.45) is 5.73 Å². The maximum absolute atomic E-state index is 11.5. The normalized spacial score (nSPS) is 11.6. The Kier molecular flexibility index (Phi) is 4.10. The van der Waals surface area contributed by atoms with Crippen molar-refractivity contribution < 1.29 is 18.0 Å². The van der Waals surface area contributed by atoms with E-state index in [0.29, 0.717) is 0 Å². The summed E-state index contributed by atoms with van der Waals surface area (Å²) in [7, 11) is 0. The van der Waals surface area contributed by atoms with E-state index in [1.165, 1.54) is 0 Å². The molecule has 0 aromatic heterocycles. The predicted octanol–water partition coefficient (Wildman–Crippen LogP) is 1.25. The second-order valence-electron chi connectivity index (χ2n) is 2.19. The van der Waals surface area contributed by atoms with Crippen LogP contribution in [0, 0.1) is 0 Å². The number of hydrogen-bond acceptors (Lipinski definition) is 2. The first-order valence-corrected chi connectivity index (χ1v) is 3.24. The highest BCUT2D eigenvalue weighted by Crippen LogP contribution is 2.21. The molecule has 0 rings (SSSR count). The van der Waals surface area contributed by atoms with E-state index in [1.807, 2.05) is 0 Å². The zero-order valence-corrected chi connectivity index (χ0v) is 5.95. The van der Waals surface area contributed by atoms with E-state index in [1.54, 1.807) is 0 Å². The first-order chi connectivity index (χ1) is 4.95. The van der Waals surface area contributed by atoms with Crippen molar-refractivity contribution in [3.8, 4) is 0 Å². The molecule has 0 aliphatic carbocycles. The molecule has 0 unspecified atom stereocenters. The number of halogens is 3. The van der Waals surface area contributed by atoms with Crippen molar-refractivity contribution in [2.75, 3.05) is 6.54 Å². The fourth-order valence-electron chi connectivity index (χ4n) is 0.567. The molecule has 0 aliphatic heterocycles. The summed E-state index contributed by atoms with van der Waals surface area (Å²) in [5.74, 6) is -0.426. The van der Waals surface area contributed by atoms with E-state index in [-0.39, 0.29) is 13.0 Å². The predicted molar refractivity (Wildman–Crippen MR) is 34.0 cm³/mol. The van der Waals surface area contributed by atoms with Crippen molar-refractivity contribution in [1.82, 2.24) is 0 Å². The summed E-state index contributed by atoms with van der Waals surface area (Å²) in [5.41, 5.74) is 4.97. The van der Waals surface area contributed by atoms with Gasteiger partial charge in [-0.3, -0.25) is 4.79 Å². The molecule has 0 atom stereocenters. The van der Waals surface area contributed by atoms with Crippen LogP contribution in [0.2, 0.25) is 0 Å². The number of hydrogen-bond donors (Lipinski definition) is 1. The molecule has 0 bridgehead atoms. The van der Waals surface area contributed by atoms with Gasteiger partial charge >= 0.3 is 6.18 Å². The number of alkyl halides is 3. The maximum atomic E-state index is 11.5. The van der Waals surface area contributed by atoms with Crippen LogP contribution in [0.25, 0.3) is 0 Å². The monoisotopic (exact) mass is 169 g/mol. The van der Waals surface area contributed by atoms with Gasteiger partial charge in [-0.15, -0.1) is 0 Å². The van der Waals surface area contributed by atoms with Crippen LogP contribution in [-0.2, 0) is 4.79 Å². The third-order valence-corrected chi connectivity index (χ3v) is 1.11. The summed E-state index contributed by atoms with van der Waals surface area (Å²) in [6.07, 6.45) is -5.67. The van der Waals surface area contributed by atoms with E-state index < -0.39 is 24.8 Å². The van der Waals surface area contributed by atoms with Gasteiger partial charge in [-0.05, 0) is 6.54 Å². The Bertz CT molecular complexity index is 132. The molecular weight excluding hydrogens is 159 g/mol. The summed E-state index contributed by atoms with van der Waals surface area (Å²) in [4.78, 5) is 10.5. The van der Waals surface area contributed by atoms with Gasteiger partial charge in [0.2, 0.25) is 0 Å². The number of rotatable bonds is 4. The van der Waals surface area contributed by atoms with Gasteiger partial charge in [0, 0.05) is 12.8 Å². The van der Waals surface area contributed by atoms with E-state index in [2.05, 4.69) is 0 Å². The topological polar surface area (TPSA) is 43.1 Å². The van der Waals surface area contributed by atoms with Gasteiger partial charge in [0.05, 0.1) is 6.42 Å². The average Bonchev–Trinajstić information content (AvgIpc) is 1.83. The Morgan fingerprint density at radius 2 is 1.82 bits per heavy atom. The lowest BCUT2D eigenvalue weighted by Crippen LogP contribution is -2.13. The van der Waals surface area contributed by atoms with Crippen molar-refractivity contribution in [1.29, 1.82) is 0 Å². The van der Waals surface area contributed by atoms with Crippen LogP contribution in [0.4, 0.5) is 13.2 Å². The number of Topliss-reactive ketones (excluding diaryl/α,β-unsaturated/α-hetero) is 1. The van der Waals surface area contributed by atoms with Crippen LogP contribution in [0.15, 0.2) is 0 Å². The molecule has 0 heterocycles. The molecule has 0 saturated heterocycles. The molecule has 0 fully saturated rings. The highest BCUT2D eigenvalue weighted by atomic mass is 19.4. The largest absolute Gasteiger partial charge is 0.389 e. The average molecular weight is 169 g/mol. The minimum absolute atomic E-state index is 0.0378. The van der Waals surface area contributed by atoms with Crippen LogP contribution in [0.5, 0.6) is 0 Å². The molecule has 0 aliphatic rings.